The molecule has 6 heteroatoms. The third kappa shape index (κ3) is 4.60. The van der Waals surface area contributed by atoms with Gasteiger partial charge in [-0.1, -0.05) is 26.7 Å². The minimum Gasteiger partial charge on any atom is -0.341 e. The van der Waals surface area contributed by atoms with Crippen molar-refractivity contribution in [2.45, 2.75) is 63.8 Å². The molecule has 0 spiro atoms. The molecule has 24 heavy (non-hydrogen) atoms. The van der Waals surface area contributed by atoms with Crippen LogP contribution in [0.1, 0.15) is 63.9 Å². The number of hydrogen-bond donors (Lipinski definition) is 0. The minimum atomic E-state index is -0.221. The first kappa shape index (κ1) is 19.8. The zero-order chi connectivity index (χ0) is 18.2. The molecule has 2 aliphatic rings. The lowest BCUT2D eigenvalue weighted by Gasteiger charge is -2.31. The molecule has 130 valence electrons. The maximum absolute atomic E-state index is 12.6. The van der Waals surface area contributed by atoms with E-state index in [1.807, 2.05) is 13.8 Å². The van der Waals surface area contributed by atoms with E-state index in [9.17, 15) is 4.79 Å². The standard InChI is InChI=1S/C16H23NO.2CO2/c1-12(2)15(18)16(8-3-4-9-16)17-10-7-14(11-17)13-5-6-13;2*2-1-3/h7,10-13H,3-6,8-9H2,1-2H3;;. The van der Waals surface area contributed by atoms with E-state index in [1.165, 1.54) is 31.2 Å². The molecular weight excluding hydrogens is 310 g/mol. The highest BCUT2D eigenvalue weighted by Crippen LogP contribution is 2.43. The van der Waals surface area contributed by atoms with Crippen molar-refractivity contribution in [3.05, 3.63) is 24.0 Å². The van der Waals surface area contributed by atoms with E-state index in [0.29, 0.717) is 5.78 Å². The van der Waals surface area contributed by atoms with Crippen molar-refractivity contribution in [3.8, 4) is 0 Å². The Labute approximate surface area is 141 Å². The fourth-order valence-electron chi connectivity index (χ4n) is 3.47. The normalized spacial score (nSPS) is 17.6. The molecule has 0 atom stereocenters. The van der Waals surface area contributed by atoms with Gasteiger partial charge >= 0.3 is 12.3 Å². The Kier molecular flexibility index (Phi) is 7.50. The molecule has 2 fully saturated rings. The van der Waals surface area contributed by atoms with Gasteiger partial charge in [0.05, 0.1) is 0 Å². The minimum absolute atomic E-state index is 0.134. The highest BCUT2D eigenvalue weighted by Gasteiger charge is 2.43. The van der Waals surface area contributed by atoms with Crippen LogP contribution in [0.15, 0.2) is 18.5 Å². The Morgan fingerprint density at radius 2 is 1.62 bits per heavy atom. The van der Waals surface area contributed by atoms with Crippen molar-refractivity contribution in [1.82, 2.24) is 4.57 Å². The maximum Gasteiger partial charge on any atom is 0.373 e. The Bertz CT molecular complexity index is 597. The van der Waals surface area contributed by atoms with Crippen LogP contribution in [0.5, 0.6) is 0 Å². The third-order valence-electron chi connectivity index (χ3n) is 4.67. The van der Waals surface area contributed by atoms with Crippen LogP contribution in [0.4, 0.5) is 0 Å². The van der Waals surface area contributed by atoms with E-state index in [2.05, 4.69) is 23.0 Å². The molecule has 1 aromatic heterocycles. The highest BCUT2D eigenvalue weighted by molar-refractivity contribution is 5.88. The van der Waals surface area contributed by atoms with Crippen LogP contribution in [0.2, 0.25) is 0 Å². The van der Waals surface area contributed by atoms with Gasteiger partial charge in [0.1, 0.15) is 5.54 Å². The molecule has 0 bridgehead atoms. The van der Waals surface area contributed by atoms with Crippen LogP contribution in [0.3, 0.4) is 0 Å². The van der Waals surface area contributed by atoms with Crippen molar-refractivity contribution >= 4 is 18.1 Å². The molecule has 2 saturated carbocycles. The van der Waals surface area contributed by atoms with Gasteiger partial charge in [0.15, 0.2) is 5.78 Å². The highest BCUT2D eigenvalue weighted by atomic mass is 16.2. The first-order chi connectivity index (χ1) is 11.5. The third-order valence-corrected chi connectivity index (χ3v) is 4.67. The Morgan fingerprint density at radius 1 is 1.12 bits per heavy atom. The van der Waals surface area contributed by atoms with Crippen molar-refractivity contribution in [1.29, 1.82) is 0 Å². The summed E-state index contributed by atoms with van der Waals surface area (Å²) in [5, 5.41) is 0. The average molecular weight is 333 g/mol. The van der Waals surface area contributed by atoms with Gasteiger partial charge in [-0.25, -0.2) is 0 Å². The van der Waals surface area contributed by atoms with Gasteiger partial charge < -0.3 is 4.57 Å². The quantitative estimate of drug-likeness (QED) is 0.845. The second-order valence-corrected chi connectivity index (χ2v) is 6.55. The summed E-state index contributed by atoms with van der Waals surface area (Å²) in [5.41, 5.74) is 1.22. The van der Waals surface area contributed by atoms with Crippen LogP contribution in [0.25, 0.3) is 0 Å². The van der Waals surface area contributed by atoms with Gasteiger partial charge in [-0.3, -0.25) is 4.79 Å². The van der Waals surface area contributed by atoms with Crippen LogP contribution < -0.4 is 0 Å². The summed E-state index contributed by atoms with van der Waals surface area (Å²) in [5.74, 6) is 1.34. The van der Waals surface area contributed by atoms with Gasteiger partial charge in [0, 0.05) is 18.3 Å². The topological polar surface area (TPSA) is 90.3 Å². The summed E-state index contributed by atoms with van der Waals surface area (Å²) < 4.78 is 2.25. The lowest BCUT2D eigenvalue weighted by Crippen LogP contribution is -2.41. The van der Waals surface area contributed by atoms with E-state index in [4.69, 9.17) is 19.2 Å². The summed E-state index contributed by atoms with van der Waals surface area (Å²) in [6.45, 7) is 4.07. The monoisotopic (exact) mass is 333 g/mol. The number of ketones is 1. The van der Waals surface area contributed by atoms with Crippen LogP contribution in [-0.4, -0.2) is 22.7 Å². The Hall–Kier alpha value is -2.29. The fourth-order valence-corrected chi connectivity index (χ4v) is 3.47. The molecule has 0 N–H and O–H groups in total. The number of aromatic nitrogens is 1. The first-order valence-corrected chi connectivity index (χ1v) is 8.18. The Morgan fingerprint density at radius 3 is 2.04 bits per heavy atom. The summed E-state index contributed by atoms with van der Waals surface area (Å²) in [6.07, 6.45) is 12.0. The van der Waals surface area contributed by atoms with Gasteiger partial charge in [-0.15, -0.1) is 0 Å². The molecule has 0 unspecified atom stereocenters. The SMILES string of the molecule is CC(C)C(=O)C1(n2ccc(C3CC3)c2)CCCC1.O=C=O.O=C=O. The number of hydrogen-bond acceptors (Lipinski definition) is 5. The van der Waals surface area contributed by atoms with Gasteiger partial charge in [0.2, 0.25) is 0 Å². The van der Waals surface area contributed by atoms with Gasteiger partial charge in [-0.05, 0) is 43.2 Å². The number of rotatable bonds is 4. The molecule has 0 aromatic carbocycles. The number of carbonyl (C=O) groups excluding carboxylic acids is 5. The van der Waals surface area contributed by atoms with Crippen molar-refractivity contribution in [2.24, 2.45) is 5.92 Å². The molecule has 0 saturated heterocycles. The van der Waals surface area contributed by atoms with E-state index in [1.54, 1.807) is 0 Å². The van der Waals surface area contributed by atoms with Crippen LogP contribution >= 0.6 is 0 Å². The van der Waals surface area contributed by atoms with E-state index < -0.39 is 0 Å². The lowest BCUT2D eigenvalue weighted by molar-refractivity contribution is -0.193. The van der Waals surface area contributed by atoms with E-state index in [-0.39, 0.29) is 23.8 Å². The Balaban J connectivity index is 0.000000423. The summed E-state index contributed by atoms with van der Waals surface area (Å²) in [6, 6.07) is 2.23. The smallest absolute Gasteiger partial charge is 0.341 e. The van der Waals surface area contributed by atoms with E-state index >= 15 is 0 Å². The second-order valence-electron chi connectivity index (χ2n) is 6.55. The first-order valence-electron chi connectivity index (χ1n) is 8.18. The zero-order valence-electron chi connectivity index (χ0n) is 14.1. The molecular formula is C18H23NO5. The molecule has 0 radical (unpaired) electrons. The number of carbonyl (C=O) groups is 1. The van der Waals surface area contributed by atoms with Crippen LogP contribution in [-0.2, 0) is 29.5 Å². The molecule has 0 amide bonds. The number of nitrogens with zero attached hydrogens (tertiary/aromatic N) is 1. The summed E-state index contributed by atoms with van der Waals surface area (Å²) in [7, 11) is 0. The second kappa shape index (κ2) is 9.11. The molecule has 1 heterocycles. The molecule has 1 aromatic rings. The molecule has 2 aliphatic carbocycles. The maximum atomic E-state index is 12.6. The van der Waals surface area contributed by atoms with E-state index in [0.717, 1.165) is 18.8 Å². The summed E-state index contributed by atoms with van der Waals surface area (Å²) >= 11 is 0. The van der Waals surface area contributed by atoms with Crippen molar-refractivity contribution in [3.63, 3.8) is 0 Å². The zero-order valence-corrected chi connectivity index (χ0v) is 14.1. The van der Waals surface area contributed by atoms with Gasteiger partial charge in [-0.2, -0.15) is 19.2 Å². The molecule has 6 nitrogen and oxygen atoms in total. The largest absolute Gasteiger partial charge is 0.373 e. The van der Waals surface area contributed by atoms with Crippen molar-refractivity contribution < 1.29 is 24.0 Å². The van der Waals surface area contributed by atoms with Crippen LogP contribution in [0, 0.1) is 5.92 Å². The lowest BCUT2D eigenvalue weighted by atomic mass is 9.85. The predicted molar refractivity (Wildman–Crippen MR) is 82.7 cm³/mol. The summed E-state index contributed by atoms with van der Waals surface area (Å²) in [4.78, 5) is 45.1. The molecule has 0 aliphatic heterocycles. The number of Topliss-reactive ketones (excluding diaryl/α,β-unsaturated/α-hetero) is 1. The molecule has 3 rings (SSSR count). The average Bonchev–Trinajstić information content (AvgIpc) is 3.07. The van der Waals surface area contributed by atoms with Crippen molar-refractivity contribution in [2.75, 3.05) is 0 Å². The van der Waals surface area contributed by atoms with Gasteiger partial charge in [0.25, 0.3) is 0 Å². The predicted octanol–water partition coefficient (Wildman–Crippen LogP) is 2.69. The fraction of sp³-hybridized carbons (Fsp3) is 0.611.